The zero-order valence-electron chi connectivity index (χ0n) is 17.6. The second-order valence-corrected chi connectivity index (χ2v) is 7.09. The molecule has 0 saturated heterocycles. The van der Waals surface area contributed by atoms with Crippen LogP contribution >= 0.6 is 0 Å². The van der Waals surface area contributed by atoms with Crippen LogP contribution in [0.2, 0.25) is 0 Å². The van der Waals surface area contributed by atoms with E-state index in [4.69, 9.17) is 9.47 Å². The molecule has 0 spiro atoms. The molecule has 3 aromatic carbocycles. The molecule has 0 heterocycles. The highest BCUT2D eigenvalue weighted by atomic mass is 16.5. The molecule has 5 heteroatoms. The van der Waals surface area contributed by atoms with Crippen LogP contribution in [0.1, 0.15) is 28.4 Å². The summed E-state index contributed by atoms with van der Waals surface area (Å²) in [5.41, 5.74) is 3.22. The van der Waals surface area contributed by atoms with Gasteiger partial charge in [-0.15, -0.1) is 0 Å². The Kier molecular flexibility index (Phi) is 6.88. The third-order valence-corrected chi connectivity index (χ3v) is 4.85. The Labute approximate surface area is 181 Å². The highest BCUT2D eigenvalue weighted by Gasteiger charge is 2.19. The molecule has 5 nitrogen and oxygen atoms in total. The zero-order chi connectivity index (χ0) is 22.4. The minimum atomic E-state index is -0.461. The topological polar surface area (TPSA) is 72.8 Å². The molecule has 0 fully saturated rings. The second kappa shape index (κ2) is 9.76. The number of rotatable bonds is 8. The van der Waals surface area contributed by atoms with Crippen molar-refractivity contribution in [3.8, 4) is 22.6 Å². The van der Waals surface area contributed by atoms with Crippen molar-refractivity contribution in [3.05, 3.63) is 95.6 Å². The minimum absolute atomic E-state index is 0.00663. The van der Waals surface area contributed by atoms with E-state index < -0.39 is 5.97 Å². The van der Waals surface area contributed by atoms with Gasteiger partial charge in [-0.3, -0.25) is 4.79 Å². The van der Waals surface area contributed by atoms with Gasteiger partial charge >= 0.3 is 5.97 Å². The lowest BCUT2D eigenvalue weighted by atomic mass is 9.92. The number of carbonyl (C=O) groups is 2. The molecule has 0 aliphatic heterocycles. The van der Waals surface area contributed by atoms with Crippen molar-refractivity contribution in [2.45, 2.75) is 13.3 Å². The molecule has 1 N–H and O–H groups in total. The summed E-state index contributed by atoms with van der Waals surface area (Å²) in [7, 11) is 1.50. The number of hydrogen-bond acceptors (Lipinski definition) is 5. The van der Waals surface area contributed by atoms with E-state index in [1.807, 2.05) is 24.3 Å². The monoisotopic (exact) mass is 416 g/mol. The lowest BCUT2D eigenvalue weighted by molar-refractivity contribution is -0.138. The van der Waals surface area contributed by atoms with Crippen LogP contribution in [0.4, 0.5) is 0 Å². The molecule has 0 aromatic heterocycles. The van der Waals surface area contributed by atoms with Crippen LogP contribution in [0.3, 0.4) is 0 Å². The van der Waals surface area contributed by atoms with Crippen LogP contribution in [0.25, 0.3) is 11.1 Å². The minimum Gasteiger partial charge on any atom is -0.507 e. The third-order valence-electron chi connectivity index (χ3n) is 4.85. The number of ketones is 1. The van der Waals surface area contributed by atoms with E-state index in [1.165, 1.54) is 13.2 Å². The van der Waals surface area contributed by atoms with Crippen molar-refractivity contribution in [1.82, 2.24) is 0 Å². The Morgan fingerprint density at radius 1 is 0.968 bits per heavy atom. The van der Waals surface area contributed by atoms with E-state index in [9.17, 15) is 14.7 Å². The highest BCUT2D eigenvalue weighted by molar-refractivity contribution is 6.13. The van der Waals surface area contributed by atoms with Crippen LogP contribution in [0.15, 0.2) is 78.9 Å². The second-order valence-electron chi connectivity index (χ2n) is 7.09. The number of methoxy groups -OCH3 is 1. The Bertz CT molecular complexity index is 1120. The first-order valence-corrected chi connectivity index (χ1v) is 9.84. The van der Waals surface area contributed by atoms with Crippen LogP contribution in [-0.4, -0.2) is 30.6 Å². The number of hydrogen-bond donors (Lipinski definition) is 1. The molecular formula is C26H24O5. The quantitative estimate of drug-likeness (QED) is 0.319. The number of phenols is 1. The molecule has 3 rings (SSSR count). The largest absolute Gasteiger partial charge is 0.507 e. The average molecular weight is 416 g/mol. The number of aromatic hydroxyl groups is 1. The molecule has 0 unspecified atom stereocenters. The summed E-state index contributed by atoms with van der Waals surface area (Å²) in [6, 6.07) is 19.4. The number of ether oxygens (including phenoxy) is 2. The first kappa shape index (κ1) is 21.8. The summed E-state index contributed by atoms with van der Waals surface area (Å²) in [6.07, 6.45) is 0.379. The fourth-order valence-electron chi connectivity index (χ4n) is 3.25. The number of benzene rings is 3. The fraction of sp³-hybridized carbons (Fsp3) is 0.154. The van der Waals surface area contributed by atoms with Crippen molar-refractivity contribution in [3.63, 3.8) is 0 Å². The van der Waals surface area contributed by atoms with E-state index in [1.54, 1.807) is 43.3 Å². The van der Waals surface area contributed by atoms with Gasteiger partial charge in [0, 0.05) is 34.8 Å². The normalized spacial score (nSPS) is 10.4. The maximum atomic E-state index is 13.1. The van der Waals surface area contributed by atoms with Crippen molar-refractivity contribution in [2.75, 3.05) is 13.7 Å². The standard InChI is InChI=1S/C26H24O5/c1-17(2)26(29)31-14-13-19-15-22(23(27)16-24(19)30-3)20-11-7-8-12-21(20)25(28)18-9-5-4-6-10-18/h4-12,15-16,27H,1,13-14H2,2-3H3. The zero-order valence-corrected chi connectivity index (χ0v) is 17.6. The summed E-state index contributed by atoms with van der Waals surface area (Å²) < 4.78 is 10.6. The molecule has 0 saturated carbocycles. The van der Waals surface area contributed by atoms with Crippen LogP contribution in [0.5, 0.6) is 11.5 Å². The van der Waals surface area contributed by atoms with E-state index >= 15 is 0 Å². The van der Waals surface area contributed by atoms with Gasteiger partial charge in [0.05, 0.1) is 13.7 Å². The summed E-state index contributed by atoms with van der Waals surface area (Å²) >= 11 is 0. The third kappa shape index (κ3) is 5.01. The van der Waals surface area contributed by atoms with Gasteiger partial charge in [0.2, 0.25) is 0 Å². The van der Waals surface area contributed by atoms with Gasteiger partial charge in [0.15, 0.2) is 5.78 Å². The maximum Gasteiger partial charge on any atom is 0.333 e. The van der Waals surface area contributed by atoms with E-state index in [0.29, 0.717) is 40.0 Å². The molecule has 0 bridgehead atoms. The van der Waals surface area contributed by atoms with Gasteiger partial charge in [-0.05, 0) is 24.1 Å². The molecule has 0 radical (unpaired) electrons. The predicted molar refractivity (Wildman–Crippen MR) is 119 cm³/mol. The van der Waals surface area contributed by atoms with Crippen molar-refractivity contribution < 1.29 is 24.2 Å². The summed E-state index contributed by atoms with van der Waals surface area (Å²) in [6.45, 7) is 5.29. The Balaban J connectivity index is 1.99. The predicted octanol–water partition coefficient (Wildman–Crippen LogP) is 4.96. The van der Waals surface area contributed by atoms with Gasteiger partial charge in [-0.1, -0.05) is 61.2 Å². The van der Waals surface area contributed by atoms with Crippen molar-refractivity contribution >= 4 is 11.8 Å². The molecule has 0 atom stereocenters. The van der Waals surface area contributed by atoms with E-state index in [0.717, 1.165) is 5.56 Å². The van der Waals surface area contributed by atoms with Gasteiger partial charge in [-0.25, -0.2) is 4.79 Å². The number of esters is 1. The van der Waals surface area contributed by atoms with Crippen molar-refractivity contribution in [2.24, 2.45) is 0 Å². The summed E-state index contributed by atoms with van der Waals surface area (Å²) in [4.78, 5) is 24.8. The first-order chi connectivity index (χ1) is 14.9. The molecule has 0 aliphatic carbocycles. The lowest BCUT2D eigenvalue weighted by Crippen LogP contribution is -2.09. The SMILES string of the molecule is C=C(C)C(=O)OCCc1cc(-c2ccccc2C(=O)c2ccccc2)c(O)cc1OC. The summed E-state index contributed by atoms with van der Waals surface area (Å²) in [5, 5.41) is 10.7. The van der Waals surface area contributed by atoms with Gasteiger partial charge in [0.1, 0.15) is 11.5 Å². The van der Waals surface area contributed by atoms with Gasteiger partial charge in [-0.2, -0.15) is 0 Å². The van der Waals surface area contributed by atoms with Gasteiger partial charge in [0.25, 0.3) is 0 Å². The smallest absolute Gasteiger partial charge is 0.333 e. The molecule has 0 amide bonds. The Hall–Kier alpha value is -3.86. The Morgan fingerprint density at radius 2 is 1.65 bits per heavy atom. The molecule has 0 aliphatic rings. The number of carbonyl (C=O) groups excluding carboxylic acids is 2. The number of phenolic OH excluding ortho intramolecular Hbond substituents is 1. The van der Waals surface area contributed by atoms with Crippen molar-refractivity contribution in [1.29, 1.82) is 0 Å². The van der Waals surface area contributed by atoms with E-state index in [2.05, 4.69) is 6.58 Å². The highest BCUT2D eigenvalue weighted by Crippen LogP contribution is 2.37. The van der Waals surface area contributed by atoms with Crippen LogP contribution in [0, 0.1) is 0 Å². The van der Waals surface area contributed by atoms with Crippen LogP contribution in [-0.2, 0) is 16.0 Å². The fourth-order valence-corrected chi connectivity index (χ4v) is 3.25. The maximum absolute atomic E-state index is 13.1. The molecule has 3 aromatic rings. The van der Waals surface area contributed by atoms with E-state index in [-0.39, 0.29) is 18.1 Å². The summed E-state index contributed by atoms with van der Waals surface area (Å²) in [5.74, 6) is -0.132. The molecule has 31 heavy (non-hydrogen) atoms. The van der Waals surface area contributed by atoms with Crippen LogP contribution < -0.4 is 4.74 Å². The average Bonchev–Trinajstić information content (AvgIpc) is 2.79. The first-order valence-electron chi connectivity index (χ1n) is 9.84. The lowest BCUT2D eigenvalue weighted by Gasteiger charge is -2.15. The van der Waals surface area contributed by atoms with Gasteiger partial charge < -0.3 is 14.6 Å². The molecular weight excluding hydrogens is 392 g/mol. The Morgan fingerprint density at radius 3 is 2.32 bits per heavy atom. The molecule has 158 valence electrons.